The van der Waals surface area contributed by atoms with Crippen LogP contribution in [0.3, 0.4) is 0 Å². The highest BCUT2D eigenvalue weighted by Gasteiger charge is 2.01. The molecule has 0 radical (unpaired) electrons. The molecule has 1 aromatic rings. The Balaban J connectivity index is 3.09. The fourth-order valence-electron chi connectivity index (χ4n) is 1.28. The third-order valence-electron chi connectivity index (χ3n) is 1.87. The Morgan fingerprint density at radius 3 is 2.14 bits per heavy atom. The number of aliphatic imine (C=N–C) groups is 1. The monoisotopic (exact) mass is 254 g/mol. The summed E-state index contributed by atoms with van der Waals surface area (Å²) in [5, 5.41) is 0. The Labute approximate surface area is 93.8 Å². The second-order valence-electron chi connectivity index (χ2n) is 3.60. The van der Waals surface area contributed by atoms with Crippen LogP contribution in [0.1, 0.15) is 11.1 Å². The van der Waals surface area contributed by atoms with Crippen LogP contribution in [0.2, 0.25) is 0 Å². The zero-order valence-electron chi connectivity index (χ0n) is 9.00. The van der Waals surface area contributed by atoms with Gasteiger partial charge >= 0.3 is 0 Å². The molecular formula is C11H15BrN2. The molecule has 3 heteroatoms. The zero-order chi connectivity index (χ0) is 10.7. The molecule has 0 heterocycles. The molecule has 2 nitrogen and oxygen atoms in total. The van der Waals surface area contributed by atoms with Gasteiger partial charge in [0.05, 0.1) is 12.0 Å². The summed E-state index contributed by atoms with van der Waals surface area (Å²) >= 11 is 3.46. The lowest BCUT2D eigenvalue weighted by Crippen LogP contribution is -2.07. The first-order valence-electron chi connectivity index (χ1n) is 4.48. The number of rotatable bonds is 2. The molecule has 0 fully saturated rings. The van der Waals surface area contributed by atoms with Crippen LogP contribution in [0.4, 0.5) is 5.69 Å². The third-order valence-corrected chi connectivity index (χ3v) is 2.33. The second kappa shape index (κ2) is 4.60. The van der Waals surface area contributed by atoms with Crippen LogP contribution in [0.5, 0.6) is 0 Å². The van der Waals surface area contributed by atoms with Crippen molar-refractivity contribution >= 4 is 28.0 Å². The molecule has 0 saturated carbocycles. The number of hydrogen-bond donors (Lipinski definition) is 0. The van der Waals surface area contributed by atoms with Crippen LogP contribution in [-0.4, -0.2) is 25.3 Å². The smallest absolute Gasteiger partial charge is 0.0907 e. The molecule has 0 aliphatic carbocycles. The average Bonchev–Trinajstić information content (AvgIpc) is 2.01. The van der Waals surface area contributed by atoms with Crippen molar-refractivity contribution in [2.75, 3.05) is 14.1 Å². The zero-order valence-corrected chi connectivity index (χ0v) is 10.6. The van der Waals surface area contributed by atoms with Crippen molar-refractivity contribution in [2.45, 2.75) is 13.8 Å². The van der Waals surface area contributed by atoms with E-state index in [0.29, 0.717) is 0 Å². The number of hydrogen-bond acceptors (Lipinski definition) is 1. The highest BCUT2D eigenvalue weighted by atomic mass is 79.9. The molecule has 0 saturated heterocycles. The van der Waals surface area contributed by atoms with Gasteiger partial charge in [-0.2, -0.15) is 0 Å². The van der Waals surface area contributed by atoms with Gasteiger partial charge in [-0.15, -0.1) is 0 Å². The summed E-state index contributed by atoms with van der Waals surface area (Å²) in [5.41, 5.74) is 3.44. The van der Waals surface area contributed by atoms with Crippen molar-refractivity contribution in [3.8, 4) is 0 Å². The summed E-state index contributed by atoms with van der Waals surface area (Å²) in [4.78, 5) is 6.36. The summed E-state index contributed by atoms with van der Waals surface area (Å²) in [6.45, 7) is 4.14. The predicted molar refractivity (Wildman–Crippen MR) is 65.5 cm³/mol. The molecule has 0 aliphatic rings. The minimum atomic E-state index is 1.06. The van der Waals surface area contributed by atoms with Gasteiger partial charge in [0, 0.05) is 18.6 Å². The Morgan fingerprint density at radius 1 is 1.21 bits per heavy atom. The van der Waals surface area contributed by atoms with E-state index in [2.05, 4.69) is 46.9 Å². The summed E-state index contributed by atoms with van der Waals surface area (Å²) in [5.74, 6) is 0. The molecule has 76 valence electrons. The van der Waals surface area contributed by atoms with E-state index in [9.17, 15) is 0 Å². The molecular weight excluding hydrogens is 240 g/mol. The van der Waals surface area contributed by atoms with Crippen LogP contribution in [0.25, 0.3) is 0 Å². The maximum absolute atomic E-state index is 4.43. The van der Waals surface area contributed by atoms with Gasteiger partial charge in [-0.25, -0.2) is 4.99 Å². The normalized spacial score (nSPS) is 10.9. The third kappa shape index (κ3) is 2.84. The Kier molecular flexibility index (Phi) is 3.69. The fourth-order valence-corrected chi connectivity index (χ4v) is 1.97. The molecule has 0 spiro atoms. The first-order valence-corrected chi connectivity index (χ1v) is 5.27. The van der Waals surface area contributed by atoms with Crippen LogP contribution in [-0.2, 0) is 0 Å². The largest absolute Gasteiger partial charge is 0.369 e. The number of halogens is 1. The van der Waals surface area contributed by atoms with Crippen LogP contribution < -0.4 is 0 Å². The van der Waals surface area contributed by atoms with Gasteiger partial charge in [0.2, 0.25) is 0 Å². The first-order chi connectivity index (χ1) is 6.50. The molecule has 0 amide bonds. The summed E-state index contributed by atoms with van der Waals surface area (Å²) in [6, 6.07) is 4.16. The topological polar surface area (TPSA) is 15.6 Å². The minimum Gasteiger partial charge on any atom is -0.369 e. The van der Waals surface area contributed by atoms with E-state index in [4.69, 9.17) is 0 Å². The molecule has 0 N–H and O–H groups in total. The lowest BCUT2D eigenvalue weighted by molar-refractivity contribution is 0.643. The quantitative estimate of drug-likeness (QED) is 0.585. The molecule has 14 heavy (non-hydrogen) atoms. The number of benzene rings is 1. The summed E-state index contributed by atoms with van der Waals surface area (Å²) in [7, 11) is 3.93. The maximum atomic E-state index is 4.43. The second-order valence-corrected chi connectivity index (χ2v) is 4.51. The van der Waals surface area contributed by atoms with Gasteiger partial charge in [0.25, 0.3) is 0 Å². The van der Waals surface area contributed by atoms with Crippen LogP contribution in [0.15, 0.2) is 21.6 Å². The van der Waals surface area contributed by atoms with Gasteiger partial charge in [-0.1, -0.05) is 15.9 Å². The van der Waals surface area contributed by atoms with Gasteiger partial charge in [-0.05, 0) is 37.1 Å². The van der Waals surface area contributed by atoms with Gasteiger partial charge < -0.3 is 4.90 Å². The van der Waals surface area contributed by atoms with Crippen LogP contribution in [0, 0.1) is 13.8 Å². The van der Waals surface area contributed by atoms with E-state index < -0.39 is 0 Å². The molecule has 0 bridgehead atoms. The summed E-state index contributed by atoms with van der Waals surface area (Å²) < 4.78 is 1.11. The standard InChI is InChI=1S/C11H15BrN2/c1-8-5-10(12)6-9(2)11(8)13-7-14(3)4/h5-7H,1-4H3. The molecule has 0 unspecified atom stereocenters. The van der Waals surface area contributed by atoms with E-state index in [1.54, 1.807) is 0 Å². The first kappa shape index (κ1) is 11.2. The Hall–Kier alpha value is -0.830. The highest BCUT2D eigenvalue weighted by Crippen LogP contribution is 2.27. The molecule has 1 aromatic carbocycles. The molecule has 0 aliphatic heterocycles. The maximum Gasteiger partial charge on any atom is 0.0907 e. The van der Waals surface area contributed by atoms with Crippen molar-refractivity contribution < 1.29 is 0 Å². The average molecular weight is 255 g/mol. The fraction of sp³-hybridized carbons (Fsp3) is 0.364. The van der Waals surface area contributed by atoms with Crippen molar-refractivity contribution in [3.63, 3.8) is 0 Å². The summed E-state index contributed by atoms with van der Waals surface area (Å²) in [6.07, 6.45) is 1.82. The number of aryl methyl sites for hydroxylation is 2. The molecule has 0 aromatic heterocycles. The van der Waals surface area contributed by atoms with E-state index in [1.807, 2.05) is 25.3 Å². The lowest BCUT2D eigenvalue weighted by Gasteiger charge is -2.07. The van der Waals surface area contributed by atoms with Crippen molar-refractivity contribution in [1.82, 2.24) is 4.90 Å². The van der Waals surface area contributed by atoms with E-state index in [1.165, 1.54) is 11.1 Å². The Bertz CT molecular complexity index is 333. The van der Waals surface area contributed by atoms with Crippen LogP contribution >= 0.6 is 15.9 Å². The van der Waals surface area contributed by atoms with Gasteiger partial charge in [0.15, 0.2) is 0 Å². The van der Waals surface area contributed by atoms with Crippen molar-refractivity contribution in [3.05, 3.63) is 27.7 Å². The molecule has 0 atom stereocenters. The minimum absolute atomic E-state index is 1.06. The van der Waals surface area contributed by atoms with Crippen molar-refractivity contribution in [1.29, 1.82) is 0 Å². The van der Waals surface area contributed by atoms with Gasteiger partial charge in [-0.3, -0.25) is 0 Å². The predicted octanol–water partition coefficient (Wildman–Crippen LogP) is 3.29. The highest BCUT2D eigenvalue weighted by molar-refractivity contribution is 9.10. The molecule has 1 rings (SSSR count). The SMILES string of the molecule is Cc1cc(Br)cc(C)c1N=CN(C)C. The number of nitrogens with zero attached hydrogens (tertiary/aromatic N) is 2. The van der Waals surface area contributed by atoms with E-state index in [-0.39, 0.29) is 0 Å². The van der Waals surface area contributed by atoms with E-state index >= 15 is 0 Å². The lowest BCUT2D eigenvalue weighted by atomic mass is 10.1. The Morgan fingerprint density at radius 2 is 1.71 bits per heavy atom. The van der Waals surface area contributed by atoms with E-state index in [0.717, 1.165) is 10.2 Å². The van der Waals surface area contributed by atoms with Gasteiger partial charge in [0.1, 0.15) is 0 Å². The van der Waals surface area contributed by atoms with Crippen molar-refractivity contribution in [2.24, 2.45) is 4.99 Å².